The van der Waals surface area contributed by atoms with Crippen molar-refractivity contribution in [3.63, 3.8) is 0 Å². The maximum Gasteiger partial charge on any atom is 0.0635 e. The van der Waals surface area contributed by atoms with E-state index in [9.17, 15) is 0 Å². The van der Waals surface area contributed by atoms with Crippen molar-refractivity contribution in [2.24, 2.45) is 0 Å². The topological polar surface area (TPSA) is 4.93 Å². The summed E-state index contributed by atoms with van der Waals surface area (Å²) < 4.78 is 3.74. The standard InChI is InChI=1S/C32H48BrN/c1-2-3-4-5-6-7-8-9-10-11-12-13-14-15-16-17-18-21-27-34-31-26-20-19-23-28(31)29-24-22-25-30(33)32(29)34/h19-20,22-26H,2-18,21,27H2,1H3. The second-order valence-corrected chi connectivity index (χ2v) is 11.2. The molecule has 0 bridgehead atoms. The lowest BCUT2D eigenvalue weighted by Gasteiger charge is -2.09. The van der Waals surface area contributed by atoms with Crippen LogP contribution in [-0.2, 0) is 6.54 Å². The van der Waals surface area contributed by atoms with Crippen LogP contribution >= 0.6 is 15.9 Å². The number of rotatable bonds is 19. The van der Waals surface area contributed by atoms with Crippen molar-refractivity contribution in [1.82, 2.24) is 4.57 Å². The van der Waals surface area contributed by atoms with Crippen molar-refractivity contribution in [2.45, 2.75) is 129 Å². The van der Waals surface area contributed by atoms with E-state index in [1.165, 1.54) is 142 Å². The molecule has 0 saturated heterocycles. The number of unbranched alkanes of at least 4 members (excludes halogenated alkanes) is 17. The summed E-state index contributed by atoms with van der Waals surface area (Å²) in [7, 11) is 0. The Morgan fingerprint density at radius 2 is 1.00 bits per heavy atom. The summed E-state index contributed by atoms with van der Waals surface area (Å²) in [5.41, 5.74) is 2.73. The molecule has 2 heteroatoms. The molecule has 3 rings (SSSR count). The van der Waals surface area contributed by atoms with E-state index in [0.29, 0.717) is 0 Å². The fourth-order valence-electron chi connectivity index (χ4n) is 5.47. The van der Waals surface area contributed by atoms with Crippen LogP contribution in [0.25, 0.3) is 21.8 Å². The lowest BCUT2D eigenvalue weighted by atomic mass is 10.0. The molecule has 34 heavy (non-hydrogen) atoms. The molecule has 0 fully saturated rings. The molecule has 0 radical (unpaired) electrons. The van der Waals surface area contributed by atoms with E-state index >= 15 is 0 Å². The van der Waals surface area contributed by atoms with Gasteiger partial charge in [-0.3, -0.25) is 0 Å². The maximum atomic E-state index is 3.80. The van der Waals surface area contributed by atoms with Gasteiger partial charge in [0.2, 0.25) is 0 Å². The van der Waals surface area contributed by atoms with Crippen LogP contribution in [0.1, 0.15) is 122 Å². The highest BCUT2D eigenvalue weighted by molar-refractivity contribution is 9.10. The van der Waals surface area contributed by atoms with E-state index in [2.05, 4.69) is 69.9 Å². The first-order valence-corrected chi connectivity index (χ1v) is 15.3. The maximum absolute atomic E-state index is 3.80. The zero-order chi connectivity index (χ0) is 23.8. The third-order valence-electron chi connectivity index (χ3n) is 7.48. The molecule has 188 valence electrons. The average molecular weight is 527 g/mol. The smallest absolute Gasteiger partial charge is 0.0635 e. The van der Waals surface area contributed by atoms with Crippen LogP contribution in [0.4, 0.5) is 0 Å². The fraction of sp³-hybridized carbons (Fsp3) is 0.625. The highest BCUT2D eigenvalue weighted by Crippen LogP contribution is 2.33. The lowest BCUT2D eigenvalue weighted by Crippen LogP contribution is -1.98. The number of nitrogens with zero attached hydrogens (tertiary/aromatic N) is 1. The Labute approximate surface area is 217 Å². The highest BCUT2D eigenvalue weighted by Gasteiger charge is 2.12. The van der Waals surface area contributed by atoms with Crippen molar-refractivity contribution in [3.05, 3.63) is 46.9 Å². The Balaban J connectivity index is 1.20. The molecule has 0 amide bonds. The van der Waals surface area contributed by atoms with Crippen LogP contribution < -0.4 is 0 Å². The molecule has 2 aromatic carbocycles. The molecular weight excluding hydrogens is 478 g/mol. The van der Waals surface area contributed by atoms with Gasteiger partial charge in [-0.25, -0.2) is 0 Å². The zero-order valence-corrected chi connectivity index (χ0v) is 23.4. The van der Waals surface area contributed by atoms with E-state index in [1.807, 2.05) is 0 Å². The van der Waals surface area contributed by atoms with Crippen molar-refractivity contribution in [1.29, 1.82) is 0 Å². The van der Waals surface area contributed by atoms with Crippen LogP contribution in [-0.4, -0.2) is 4.57 Å². The molecule has 0 unspecified atom stereocenters. The predicted octanol–water partition coefficient (Wildman–Crippen LogP) is 11.6. The van der Waals surface area contributed by atoms with Gasteiger partial charge in [-0.1, -0.05) is 146 Å². The molecule has 0 aliphatic rings. The number of benzene rings is 2. The minimum absolute atomic E-state index is 1.12. The van der Waals surface area contributed by atoms with Gasteiger partial charge in [0, 0.05) is 27.3 Å². The zero-order valence-electron chi connectivity index (χ0n) is 21.8. The third-order valence-corrected chi connectivity index (χ3v) is 8.12. The van der Waals surface area contributed by atoms with Crippen molar-refractivity contribution in [2.75, 3.05) is 0 Å². The van der Waals surface area contributed by atoms with Gasteiger partial charge in [-0.15, -0.1) is 0 Å². The summed E-state index contributed by atoms with van der Waals surface area (Å²) in [6.07, 6.45) is 25.7. The largest absolute Gasteiger partial charge is 0.340 e. The molecule has 0 aliphatic heterocycles. The minimum atomic E-state index is 1.12. The predicted molar refractivity (Wildman–Crippen MR) is 156 cm³/mol. The Morgan fingerprint density at radius 3 is 1.56 bits per heavy atom. The molecule has 1 nitrogen and oxygen atoms in total. The SMILES string of the molecule is CCCCCCCCCCCCCCCCCCCCn1c2ccccc2c2cccc(Br)c21. The molecule has 0 aliphatic carbocycles. The lowest BCUT2D eigenvalue weighted by molar-refractivity contribution is 0.521. The number of hydrogen-bond acceptors (Lipinski definition) is 0. The quantitative estimate of drug-likeness (QED) is 0.137. The number of hydrogen-bond donors (Lipinski definition) is 0. The summed E-state index contributed by atoms with van der Waals surface area (Å²) in [5.74, 6) is 0. The van der Waals surface area contributed by atoms with Crippen LogP contribution in [0.2, 0.25) is 0 Å². The van der Waals surface area contributed by atoms with E-state index in [-0.39, 0.29) is 0 Å². The highest BCUT2D eigenvalue weighted by atomic mass is 79.9. The molecular formula is C32H48BrN. The van der Waals surface area contributed by atoms with Crippen LogP contribution in [0.5, 0.6) is 0 Å². The van der Waals surface area contributed by atoms with E-state index in [4.69, 9.17) is 0 Å². The molecule has 0 N–H and O–H groups in total. The normalized spacial score (nSPS) is 11.7. The molecule has 1 heterocycles. The Hall–Kier alpha value is -1.28. The summed E-state index contributed by atoms with van der Waals surface area (Å²) in [6, 6.07) is 15.4. The van der Waals surface area contributed by atoms with Crippen molar-refractivity contribution < 1.29 is 0 Å². The van der Waals surface area contributed by atoms with Gasteiger partial charge in [0.1, 0.15) is 0 Å². The number of halogens is 1. The fourth-order valence-corrected chi connectivity index (χ4v) is 6.05. The van der Waals surface area contributed by atoms with Gasteiger partial charge in [-0.05, 0) is 34.5 Å². The first kappa shape index (κ1) is 27.3. The second kappa shape index (κ2) is 16.4. The number of aromatic nitrogens is 1. The van der Waals surface area contributed by atoms with Crippen LogP contribution in [0.3, 0.4) is 0 Å². The molecule has 3 aromatic rings. The first-order valence-electron chi connectivity index (χ1n) is 14.5. The van der Waals surface area contributed by atoms with Gasteiger partial charge in [0.15, 0.2) is 0 Å². The van der Waals surface area contributed by atoms with Crippen molar-refractivity contribution >= 4 is 37.7 Å². The molecule has 0 atom stereocenters. The van der Waals surface area contributed by atoms with E-state index in [1.54, 1.807) is 0 Å². The monoisotopic (exact) mass is 525 g/mol. The van der Waals surface area contributed by atoms with Crippen molar-refractivity contribution in [3.8, 4) is 0 Å². The second-order valence-electron chi connectivity index (χ2n) is 10.3. The first-order chi connectivity index (χ1) is 16.8. The van der Waals surface area contributed by atoms with Crippen LogP contribution in [0, 0.1) is 0 Å². The summed E-state index contributed by atoms with van der Waals surface area (Å²) in [6.45, 7) is 3.42. The van der Waals surface area contributed by atoms with Gasteiger partial charge in [0.05, 0.1) is 5.52 Å². The summed E-state index contributed by atoms with van der Waals surface area (Å²) in [4.78, 5) is 0. The Kier molecular flexibility index (Phi) is 13.2. The Bertz CT molecular complexity index is 941. The molecule has 1 aromatic heterocycles. The van der Waals surface area contributed by atoms with E-state index < -0.39 is 0 Å². The minimum Gasteiger partial charge on any atom is -0.340 e. The van der Waals surface area contributed by atoms with Crippen LogP contribution in [0.15, 0.2) is 46.9 Å². The van der Waals surface area contributed by atoms with Gasteiger partial charge in [0.25, 0.3) is 0 Å². The summed E-state index contributed by atoms with van der Waals surface area (Å²) in [5, 5.41) is 2.74. The number of aryl methyl sites for hydroxylation is 1. The summed E-state index contributed by atoms with van der Waals surface area (Å²) >= 11 is 3.80. The third kappa shape index (κ3) is 8.74. The van der Waals surface area contributed by atoms with E-state index in [0.717, 1.165) is 6.54 Å². The van der Waals surface area contributed by atoms with Gasteiger partial charge >= 0.3 is 0 Å². The Morgan fingerprint density at radius 1 is 0.529 bits per heavy atom. The molecule has 0 saturated carbocycles. The van der Waals surface area contributed by atoms with Gasteiger partial charge in [-0.2, -0.15) is 0 Å². The van der Waals surface area contributed by atoms with Gasteiger partial charge < -0.3 is 4.57 Å². The molecule has 0 spiro atoms. The number of para-hydroxylation sites is 2. The average Bonchev–Trinajstić information content (AvgIpc) is 3.18. The number of fused-ring (bicyclic) bond motifs is 3.